The van der Waals surface area contributed by atoms with Gasteiger partial charge in [-0.2, -0.15) is 0 Å². The van der Waals surface area contributed by atoms with Gasteiger partial charge in [-0.3, -0.25) is 24.0 Å². The maximum atomic E-state index is 15.0. The molecule has 0 aromatic heterocycles. The van der Waals surface area contributed by atoms with Crippen molar-refractivity contribution in [2.75, 3.05) is 11.4 Å². The van der Waals surface area contributed by atoms with E-state index in [0.717, 1.165) is 30.9 Å². The molecule has 4 saturated carbocycles. The van der Waals surface area contributed by atoms with Gasteiger partial charge in [0.2, 0.25) is 17.7 Å². The number of aliphatic carboxylic acids is 1. The summed E-state index contributed by atoms with van der Waals surface area (Å²) in [5, 5.41) is 11.6. The third-order valence-corrected chi connectivity index (χ3v) is 10.2. The van der Waals surface area contributed by atoms with Gasteiger partial charge in [-0.25, -0.2) is 4.39 Å². The minimum Gasteiger partial charge on any atom is -0.480 e. The Balaban J connectivity index is 1.49. The molecule has 1 heterocycles. The number of amides is 3. The van der Waals surface area contributed by atoms with Crippen LogP contribution in [0.4, 0.5) is 10.1 Å². The highest BCUT2D eigenvalue weighted by atomic mass is 19.1. The van der Waals surface area contributed by atoms with E-state index in [0.29, 0.717) is 24.2 Å². The van der Waals surface area contributed by atoms with Crippen molar-refractivity contribution in [3.05, 3.63) is 65.5 Å². The van der Waals surface area contributed by atoms with Crippen LogP contribution in [0, 0.1) is 29.0 Å². The number of carboxylic acid groups (broad SMARTS) is 1. The number of nitrogens with one attached hydrogen (secondary N) is 1. The van der Waals surface area contributed by atoms with E-state index in [-0.39, 0.29) is 23.2 Å². The highest BCUT2D eigenvalue weighted by molar-refractivity contribution is 6.10. The number of Topliss-reactive ketones (excluding diaryl/α,β-unsaturated/α-hetero) is 1. The summed E-state index contributed by atoms with van der Waals surface area (Å²) in [6, 6.07) is 10.4. The van der Waals surface area contributed by atoms with Gasteiger partial charge in [0.1, 0.15) is 24.4 Å². The van der Waals surface area contributed by atoms with Gasteiger partial charge in [-0.15, -0.1) is 0 Å². The van der Waals surface area contributed by atoms with Crippen molar-refractivity contribution < 1.29 is 33.5 Å². The minimum atomic E-state index is -1.45. The summed E-state index contributed by atoms with van der Waals surface area (Å²) >= 11 is 0. The molecule has 5 aliphatic rings. The van der Waals surface area contributed by atoms with Crippen molar-refractivity contribution in [2.45, 2.75) is 76.9 Å². The van der Waals surface area contributed by atoms with Crippen LogP contribution >= 0.6 is 0 Å². The van der Waals surface area contributed by atoms with E-state index in [9.17, 15) is 33.5 Å². The zero-order valence-electron chi connectivity index (χ0n) is 24.8. The number of carbonyl (C=O) groups is 5. The first kappa shape index (κ1) is 30.0. The van der Waals surface area contributed by atoms with E-state index in [1.807, 2.05) is 30.3 Å². The molecule has 4 bridgehead atoms. The maximum absolute atomic E-state index is 15.0. The van der Waals surface area contributed by atoms with Crippen LogP contribution in [0.15, 0.2) is 48.5 Å². The summed E-state index contributed by atoms with van der Waals surface area (Å²) in [7, 11) is 0. The van der Waals surface area contributed by atoms with Gasteiger partial charge < -0.3 is 20.2 Å². The molecule has 3 amide bonds. The summed E-state index contributed by atoms with van der Waals surface area (Å²) in [5.74, 6) is -2.73. The number of fused-ring (bicyclic) bond motifs is 1. The van der Waals surface area contributed by atoms with Crippen molar-refractivity contribution >= 4 is 35.2 Å². The molecule has 2 atom stereocenters. The van der Waals surface area contributed by atoms with Crippen molar-refractivity contribution in [2.24, 2.45) is 23.2 Å². The van der Waals surface area contributed by atoms with Gasteiger partial charge >= 0.3 is 5.97 Å². The summed E-state index contributed by atoms with van der Waals surface area (Å²) in [6.07, 6.45) is 6.21. The fourth-order valence-electron chi connectivity index (χ4n) is 8.99. The van der Waals surface area contributed by atoms with Gasteiger partial charge in [0, 0.05) is 18.9 Å². The molecule has 232 valence electrons. The van der Waals surface area contributed by atoms with Crippen molar-refractivity contribution in [1.29, 1.82) is 0 Å². The first-order chi connectivity index (χ1) is 21.0. The Kier molecular flexibility index (Phi) is 8.02. The summed E-state index contributed by atoms with van der Waals surface area (Å²) in [4.78, 5) is 70.0. The summed E-state index contributed by atoms with van der Waals surface area (Å²) in [5.41, 5.74) is 0.745. The van der Waals surface area contributed by atoms with Crippen LogP contribution in [0.5, 0.6) is 0 Å². The van der Waals surface area contributed by atoms with Crippen LogP contribution in [0.2, 0.25) is 0 Å². The zero-order chi connectivity index (χ0) is 31.2. The molecular formula is C34H38FN3O6. The van der Waals surface area contributed by atoms with Crippen LogP contribution in [-0.4, -0.2) is 58.1 Å². The number of rotatable bonds is 7. The topological polar surface area (TPSA) is 124 Å². The second-order valence-electron chi connectivity index (χ2n) is 13.4. The molecule has 9 nitrogen and oxygen atoms in total. The Labute approximate surface area is 255 Å². The zero-order valence-corrected chi connectivity index (χ0v) is 24.8. The van der Waals surface area contributed by atoms with Crippen molar-refractivity contribution in [3.63, 3.8) is 0 Å². The molecule has 2 N–H and O–H groups in total. The normalized spacial score (nSPS) is 29.5. The lowest BCUT2D eigenvalue weighted by Gasteiger charge is -2.58. The second kappa shape index (κ2) is 11.8. The third-order valence-electron chi connectivity index (χ3n) is 10.2. The molecule has 10 heteroatoms. The predicted octanol–water partition coefficient (Wildman–Crippen LogP) is 4.34. The van der Waals surface area contributed by atoms with Gasteiger partial charge in [0.25, 0.3) is 0 Å². The van der Waals surface area contributed by atoms with E-state index in [1.165, 1.54) is 48.1 Å². The Morgan fingerprint density at radius 3 is 2.20 bits per heavy atom. The van der Waals surface area contributed by atoms with E-state index in [4.69, 9.17) is 0 Å². The molecule has 0 unspecified atom stereocenters. The molecule has 0 radical (unpaired) electrons. The van der Waals surface area contributed by atoms with E-state index < -0.39 is 60.3 Å². The number of hydrogen-bond donors (Lipinski definition) is 2. The Bertz CT molecular complexity index is 1460. The molecule has 4 fully saturated rings. The quantitative estimate of drug-likeness (QED) is 0.486. The largest absolute Gasteiger partial charge is 0.480 e. The first-order valence-electron chi connectivity index (χ1n) is 15.5. The van der Waals surface area contributed by atoms with Gasteiger partial charge in [-0.05, 0) is 91.9 Å². The van der Waals surface area contributed by atoms with Crippen LogP contribution in [0.25, 0.3) is 0 Å². The number of anilines is 1. The van der Waals surface area contributed by atoms with E-state index in [1.54, 1.807) is 0 Å². The smallest absolute Gasteiger partial charge is 0.322 e. The Morgan fingerprint density at radius 1 is 0.977 bits per heavy atom. The lowest BCUT2D eigenvalue weighted by molar-refractivity contribution is -0.150. The van der Waals surface area contributed by atoms with Crippen molar-refractivity contribution in [3.8, 4) is 0 Å². The van der Waals surface area contributed by atoms with E-state index >= 15 is 0 Å². The summed E-state index contributed by atoms with van der Waals surface area (Å²) in [6.45, 7) is 0.632. The van der Waals surface area contributed by atoms with Crippen LogP contribution in [0.1, 0.15) is 74.2 Å². The number of carboxylic acids is 1. The molecule has 1 aliphatic heterocycles. The molecule has 0 spiro atoms. The first-order valence-corrected chi connectivity index (χ1v) is 15.5. The number of carbonyl (C=O) groups excluding carboxylic acids is 4. The fraction of sp³-hybridized carbons (Fsp3) is 0.500. The second-order valence-corrected chi connectivity index (χ2v) is 13.4. The molecule has 7 rings (SSSR count). The number of hydrogen-bond acceptors (Lipinski definition) is 5. The Morgan fingerprint density at radius 2 is 1.61 bits per heavy atom. The van der Waals surface area contributed by atoms with Crippen LogP contribution in [0.3, 0.4) is 0 Å². The number of benzene rings is 2. The van der Waals surface area contributed by atoms with Crippen molar-refractivity contribution in [1.82, 2.24) is 10.2 Å². The predicted molar refractivity (Wildman–Crippen MR) is 159 cm³/mol. The molecule has 4 aliphatic carbocycles. The highest BCUT2D eigenvalue weighted by Gasteiger charge is 2.54. The monoisotopic (exact) mass is 603 g/mol. The maximum Gasteiger partial charge on any atom is 0.322 e. The fourth-order valence-corrected chi connectivity index (χ4v) is 8.99. The van der Waals surface area contributed by atoms with Gasteiger partial charge in [-0.1, -0.05) is 30.3 Å². The average molecular weight is 604 g/mol. The lowest BCUT2D eigenvalue weighted by Crippen LogP contribution is -2.60. The Hall–Kier alpha value is -4.08. The third kappa shape index (κ3) is 5.86. The molecular weight excluding hydrogens is 565 g/mol. The standard InChI is InChI=1S/C34H38FN3O6/c1-20(39)38-28(32(43)36-18-31(41)42)13-30(40)26-12-25(35)7-8-27(26)37(19-21-5-3-2-4-6-21)33(44)29(38)17-34-14-22-9-23(15-34)11-24(10-22)16-34/h2-8,12,22-24,28-29H,9-11,13-19H2,1H3,(H,36,43)(H,41,42)/t22?,23?,24?,28-,29+,34?/m0/s1. The molecule has 2 aromatic carbocycles. The minimum absolute atomic E-state index is 0.0655. The molecule has 0 saturated heterocycles. The highest BCUT2D eigenvalue weighted by Crippen LogP contribution is 2.62. The van der Waals surface area contributed by atoms with E-state index in [2.05, 4.69) is 5.32 Å². The average Bonchev–Trinajstić information content (AvgIpc) is 2.99. The molecule has 44 heavy (non-hydrogen) atoms. The van der Waals surface area contributed by atoms with Gasteiger partial charge in [0.15, 0.2) is 5.78 Å². The van der Waals surface area contributed by atoms with Crippen LogP contribution < -0.4 is 10.2 Å². The van der Waals surface area contributed by atoms with Gasteiger partial charge in [0.05, 0.1) is 12.2 Å². The lowest BCUT2D eigenvalue weighted by atomic mass is 9.48. The van der Waals surface area contributed by atoms with Crippen LogP contribution in [-0.2, 0) is 25.7 Å². The number of halogens is 1. The number of ketones is 1. The summed E-state index contributed by atoms with van der Waals surface area (Å²) < 4.78 is 14.6. The molecule has 2 aromatic rings. The SMILES string of the molecule is CC(=O)N1[C@H](CC23CC4CC(CC(C4)C2)C3)C(=O)N(Cc2ccccc2)c2ccc(F)cc2C(=O)C[C@H]1C(=O)NCC(=O)O. The number of nitrogens with zero attached hydrogens (tertiary/aromatic N) is 2.